The number of carbonyl (C=O) groups excluding carboxylic acids is 1. The molecule has 2 aromatic rings. The first-order valence-electron chi connectivity index (χ1n) is 6.00. The Hall–Kier alpha value is -2.35. The Morgan fingerprint density at radius 2 is 2.14 bits per heavy atom. The van der Waals surface area contributed by atoms with Crippen LogP contribution in [-0.2, 0) is 13.6 Å². The van der Waals surface area contributed by atoms with Gasteiger partial charge < -0.3 is 15.7 Å². The zero-order valence-corrected chi connectivity index (χ0v) is 12.7. The second kappa shape index (κ2) is 6.40. The number of urea groups is 1. The van der Waals surface area contributed by atoms with E-state index in [0.717, 1.165) is 5.56 Å². The summed E-state index contributed by atoms with van der Waals surface area (Å²) in [6.45, 7) is 0.333. The van der Waals surface area contributed by atoms with E-state index in [1.54, 1.807) is 30.2 Å². The first-order chi connectivity index (χ1) is 9.94. The van der Waals surface area contributed by atoms with Crippen LogP contribution >= 0.6 is 15.9 Å². The molecule has 0 atom stereocenters. The number of amides is 2. The normalized spacial score (nSPS) is 10.2. The van der Waals surface area contributed by atoms with Crippen molar-refractivity contribution in [1.29, 1.82) is 0 Å². The summed E-state index contributed by atoms with van der Waals surface area (Å²) in [6.07, 6.45) is 3.45. The highest BCUT2D eigenvalue weighted by atomic mass is 79.9. The van der Waals surface area contributed by atoms with E-state index in [9.17, 15) is 9.59 Å². The summed E-state index contributed by atoms with van der Waals surface area (Å²) in [7, 11) is 1.79. The zero-order valence-electron chi connectivity index (χ0n) is 11.1. The molecule has 0 aliphatic heterocycles. The number of hydrogen-bond acceptors (Lipinski definition) is 3. The van der Waals surface area contributed by atoms with E-state index in [-0.39, 0.29) is 5.56 Å². The van der Waals surface area contributed by atoms with Gasteiger partial charge in [0.2, 0.25) is 0 Å². The summed E-state index contributed by atoms with van der Waals surface area (Å²) < 4.78 is 2.22. The SMILES string of the molecule is Cn1cc(CNC(=O)Nc2cc(Br)cc(C(=O)O)c2)cn1. The molecule has 0 spiro atoms. The van der Waals surface area contributed by atoms with Crippen LogP contribution in [0.25, 0.3) is 0 Å². The fraction of sp³-hybridized carbons (Fsp3) is 0.154. The number of carboxylic acid groups (broad SMARTS) is 1. The molecular formula is C13H13BrN4O3. The van der Waals surface area contributed by atoms with E-state index in [1.165, 1.54) is 12.1 Å². The standard InChI is InChI=1S/C13H13BrN4O3/c1-18-7-8(6-16-18)5-15-13(21)17-11-3-9(12(19)20)2-10(14)4-11/h2-4,6-7H,5H2,1H3,(H,19,20)(H2,15,17,21). The van der Waals surface area contributed by atoms with Crippen LogP contribution in [0.4, 0.5) is 10.5 Å². The third-order valence-corrected chi connectivity index (χ3v) is 3.07. The summed E-state index contributed by atoms with van der Waals surface area (Å²) in [5.41, 5.74) is 1.35. The topological polar surface area (TPSA) is 96.2 Å². The first kappa shape index (κ1) is 15.0. The van der Waals surface area contributed by atoms with Gasteiger partial charge in [-0.25, -0.2) is 9.59 Å². The van der Waals surface area contributed by atoms with E-state index in [2.05, 4.69) is 31.7 Å². The smallest absolute Gasteiger partial charge is 0.335 e. The summed E-state index contributed by atoms with van der Waals surface area (Å²) in [5.74, 6) is -1.06. The van der Waals surface area contributed by atoms with Gasteiger partial charge in [-0.15, -0.1) is 0 Å². The molecule has 1 heterocycles. The van der Waals surface area contributed by atoms with E-state index in [1.807, 2.05) is 0 Å². The minimum atomic E-state index is -1.06. The molecule has 2 rings (SSSR count). The number of nitrogens with zero attached hydrogens (tertiary/aromatic N) is 2. The molecule has 3 N–H and O–H groups in total. The predicted octanol–water partition coefficient (Wildman–Crippen LogP) is 2.20. The summed E-state index contributed by atoms with van der Waals surface area (Å²) in [5, 5.41) is 18.2. The molecule has 0 saturated carbocycles. The van der Waals surface area contributed by atoms with Gasteiger partial charge in [-0.05, 0) is 18.2 Å². The van der Waals surface area contributed by atoms with Crippen LogP contribution in [0.3, 0.4) is 0 Å². The third kappa shape index (κ3) is 4.32. The Morgan fingerprint density at radius 3 is 2.76 bits per heavy atom. The van der Waals surface area contributed by atoms with Crippen LogP contribution in [0.5, 0.6) is 0 Å². The molecule has 0 saturated heterocycles. The molecule has 0 aliphatic rings. The maximum atomic E-state index is 11.8. The number of anilines is 1. The number of benzene rings is 1. The molecule has 0 bridgehead atoms. The average molecular weight is 353 g/mol. The maximum absolute atomic E-state index is 11.8. The number of halogens is 1. The minimum Gasteiger partial charge on any atom is -0.478 e. The molecule has 21 heavy (non-hydrogen) atoms. The Balaban J connectivity index is 1.97. The number of nitrogens with one attached hydrogen (secondary N) is 2. The highest BCUT2D eigenvalue weighted by molar-refractivity contribution is 9.10. The number of aromatic nitrogens is 2. The van der Waals surface area contributed by atoms with Gasteiger partial charge in [0, 0.05) is 35.5 Å². The molecule has 110 valence electrons. The van der Waals surface area contributed by atoms with Crippen LogP contribution in [0.15, 0.2) is 35.1 Å². The van der Waals surface area contributed by atoms with Gasteiger partial charge in [0.15, 0.2) is 0 Å². The van der Waals surface area contributed by atoms with Crippen molar-refractivity contribution in [2.75, 3.05) is 5.32 Å². The number of rotatable bonds is 4. The van der Waals surface area contributed by atoms with Crippen LogP contribution in [0, 0.1) is 0 Å². The molecule has 7 nitrogen and oxygen atoms in total. The van der Waals surface area contributed by atoms with Crippen molar-refractivity contribution in [1.82, 2.24) is 15.1 Å². The highest BCUT2D eigenvalue weighted by Gasteiger charge is 2.08. The lowest BCUT2D eigenvalue weighted by atomic mass is 10.2. The molecule has 0 radical (unpaired) electrons. The van der Waals surface area contributed by atoms with Crippen molar-refractivity contribution in [3.8, 4) is 0 Å². The van der Waals surface area contributed by atoms with Gasteiger partial charge in [0.05, 0.1) is 11.8 Å². The minimum absolute atomic E-state index is 0.0898. The van der Waals surface area contributed by atoms with Crippen molar-refractivity contribution >= 4 is 33.6 Å². The predicted molar refractivity (Wildman–Crippen MR) is 80.2 cm³/mol. The molecule has 1 aromatic carbocycles. The largest absolute Gasteiger partial charge is 0.478 e. The molecule has 2 amide bonds. The molecule has 0 fully saturated rings. The zero-order chi connectivity index (χ0) is 15.4. The van der Waals surface area contributed by atoms with Crippen molar-refractivity contribution < 1.29 is 14.7 Å². The van der Waals surface area contributed by atoms with Crippen molar-refractivity contribution in [2.45, 2.75) is 6.54 Å². The highest BCUT2D eigenvalue weighted by Crippen LogP contribution is 2.19. The summed E-state index contributed by atoms with van der Waals surface area (Å²) in [4.78, 5) is 22.7. The average Bonchev–Trinajstić information content (AvgIpc) is 2.81. The van der Waals surface area contributed by atoms with Gasteiger partial charge in [-0.1, -0.05) is 15.9 Å². The van der Waals surface area contributed by atoms with Gasteiger partial charge in [-0.3, -0.25) is 4.68 Å². The van der Waals surface area contributed by atoms with Crippen molar-refractivity contribution in [2.24, 2.45) is 7.05 Å². The lowest BCUT2D eigenvalue weighted by Crippen LogP contribution is -2.28. The van der Waals surface area contributed by atoms with Gasteiger partial charge >= 0.3 is 12.0 Å². The summed E-state index contributed by atoms with van der Waals surface area (Å²) >= 11 is 3.20. The second-order valence-electron chi connectivity index (χ2n) is 4.36. The number of hydrogen-bond donors (Lipinski definition) is 3. The lowest BCUT2D eigenvalue weighted by molar-refractivity contribution is 0.0697. The fourth-order valence-corrected chi connectivity index (χ4v) is 2.20. The third-order valence-electron chi connectivity index (χ3n) is 2.61. The lowest BCUT2D eigenvalue weighted by Gasteiger charge is -2.08. The number of carboxylic acids is 1. The Kier molecular flexibility index (Phi) is 4.59. The van der Waals surface area contributed by atoms with E-state index in [0.29, 0.717) is 16.7 Å². The van der Waals surface area contributed by atoms with Gasteiger partial charge in [-0.2, -0.15) is 5.10 Å². The second-order valence-corrected chi connectivity index (χ2v) is 5.28. The van der Waals surface area contributed by atoms with Gasteiger partial charge in [0.1, 0.15) is 0 Å². The Bertz CT molecular complexity index is 684. The van der Waals surface area contributed by atoms with E-state index in [4.69, 9.17) is 5.11 Å². The van der Waals surface area contributed by atoms with Crippen LogP contribution in [0.1, 0.15) is 15.9 Å². The van der Waals surface area contributed by atoms with E-state index < -0.39 is 12.0 Å². The quantitative estimate of drug-likeness (QED) is 0.785. The Morgan fingerprint density at radius 1 is 1.38 bits per heavy atom. The molecule has 8 heteroatoms. The van der Waals surface area contributed by atoms with Crippen molar-refractivity contribution in [3.63, 3.8) is 0 Å². The monoisotopic (exact) mass is 352 g/mol. The van der Waals surface area contributed by atoms with Crippen LogP contribution in [0.2, 0.25) is 0 Å². The van der Waals surface area contributed by atoms with E-state index >= 15 is 0 Å². The van der Waals surface area contributed by atoms with Crippen molar-refractivity contribution in [3.05, 3.63) is 46.2 Å². The Labute approximate surface area is 129 Å². The molecule has 0 unspecified atom stereocenters. The van der Waals surface area contributed by atoms with Crippen LogP contribution < -0.4 is 10.6 Å². The number of aryl methyl sites for hydroxylation is 1. The number of carbonyl (C=O) groups is 2. The fourth-order valence-electron chi connectivity index (χ4n) is 1.71. The summed E-state index contributed by atoms with van der Waals surface area (Å²) in [6, 6.07) is 4.04. The van der Waals surface area contributed by atoms with Gasteiger partial charge in [0.25, 0.3) is 0 Å². The first-order valence-corrected chi connectivity index (χ1v) is 6.79. The number of aromatic carboxylic acids is 1. The van der Waals surface area contributed by atoms with Crippen LogP contribution in [-0.4, -0.2) is 26.9 Å². The molecular weight excluding hydrogens is 340 g/mol. The maximum Gasteiger partial charge on any atom is 0.335 e. The molecule has 0 aliphatic carbocycles. The molecule has 1 aromatic heterocycles.